The first-order valence-electron chi connectivity index (χ1n) is 11.3. The molecule has 8 heteroatoms. The van der Waals surface area contributed by atoms with E-state index in [0.717, 1.165) is 5.56 Å². The minimum absolute atomic E-state index is 0.00131. The Morgan fingerprint density at radius 2 is 1.82 bits per heavy atom. The molecule has 0 bridgehead atoms. The molecule has 1 fully saturated rings. The van der Waals surface area contributed by atoms with Crippen molar-refractivity contribution < 1.29 is 23.9 Å². The van der Waals surface area contributed by atoms with Gasteiger partial charge in [0.2, 0.25) is 0 Å². The normalized spacial score (nSPS) is 21.8. The van der Waals surface area contributed by atoms with E-state index in [1.54, 1.807) is 50.1 Å². The third-order valence-electron chi connectivity index (χ3n) is 5.94. The summed E-state index contributed by atoms with van der Waals surface area (Å²) in [7, 11) is 0. The SMILES string of the molecule is CC(C)(C)OC(=O)[N+]1(C(=O)OCc2ccccc2)C=Cc2ccc(C(=O)[C@H]3CCN(N)C3)cc21. The standard InChI is InChI=1S/C26H30N3O5/c1-26(2,3)34-25(32)29(24(31)33-17-18-7-5-4-6-8-18)14-12-19-9-10-20(15-22(19)29)23(30)21-11-13-28(27)16-21/h4-10,12,14-15,21H,11,13,16-17,27H2,1-3H3/q+1/t21-,29?/m0/s1. The van der Waals surface area contributed by atoms with E-state index in [0.29, 0.717) is 36.3 Å². The molecule has 2 aliphatic rings. The lowest BCUT2D eigenvalue weighted by Crippen LogP contribution is -2.55. The van der Waals surface area contributed by atoms with Crippen LogP contribution in [0.3, 0.4) is 0 Å². The number of nitrogens with zero attached hydrogens (tertiary/aromatic N) is 2. The molecule has 34 heavy (non-hydrogen) atoms. The number of ketones is 1. The van der Waals surface area contributed by atoms with Gasteiger partial charge in [0, 0.05) is 42.3 Å². The number of fused-ring (bicyclic) bond motifs is 1. The second kappa shape index (κ2) is 9.13. The van der Waals surface area contributed by atoms with Crippen LogP contribution in [0, 0.1) is 5.92 Å². The van der Waals surface area contributed by atoms with E-state index in [-0.39, 0.29) is 18.3 Å². The molecule has 2 aliphatic heterocycles. The highest BCUT2D eigenvalue weighted by molar-refractivity contribution is 6.10. The number of imide groups is 1. The third kappa shape index (κ3) is 4.65. The number of hydrogen-bond acceptors (Lipinski definition) is 7. The number of hydrazine groups is 1. The number of hydrogen-bond donors (Lipinski definition) is 1. The fraction of sp³-hybridized carbons (Fsp3) is 0.346. The minimum Gasteiger partial charge on any atom is -0.414 e. The molecule has 0 aliphatic carbocycles. The van der Waals surface area contributed by atoms with E-state index in [4.69, 9.17) is 15.3 Å². The summed E-state index contributed by atoms with van der Waals surface area (Å²) in [6, 6.07) is 14.3. The molecule has 2 amide bonds. The Labute approximate surface area is 199 Å². The van der Waals surface area contributed by atoms with Gasteiger partial charge < -0.3 is 9.47 Å². The molecule has 1 unspecified atom stereocenters. The summed E-state index contributed by atoms with van der Waals surface area (Å²) >= 11 is 0. The van der Waals surface area contributed by atoms with Crippen molar-refractivity contribution >= 4 is 29.7 Å². The zero-order valence-corrected chi connectivity index (χ0v) is 19.7. The summed E-state index contributed by atoms with van der Waals surface area (Å²) < 4.78 is 10.3. The highest BCUT2D eigenvalue weighted by Gasteiger charge is 2.55. The van der Waals surface area contributed by atoms with E-state index in [1.165, 1.54) is 6.20 Å². The van der Waals surface area contributed by atoms with Gasteiger partial charge in [-0.05, 0) is 38.8 Å². The molecule has 2 N–H and O–H groups in total. The molecule has 0 radical (unpaired) electrons. The van der Waals surface area contributed by atoms with Gasteiger partial charge in [-0.25, -0.2) is 5.01 Å². The van der Waals surface area contributed by atoms with E-state index in [1.807, 2.05) is 30.3 Å². The molecule has 0 saturated carbocycles. The fourth-order valence-electron chi connectivity index (χ4n) is 4.20. The van der Waals surface area contributed by atoms with Crippen molar-refractivity contribution in [1.82, 2.24) is 9.49 Å². The molecule has 4 rings (SSSR count). The van der Waals surface area contributed by atoms with Crippen molar-refractivity contribution in [3.05, 3.63) is 71.4 Å². The van der Waals surface area contributed by atoms with Crippen molar-refractivity contribution in [3.8, 4) is 0 Å². The van der Waals surface area contributed by atoms with Crippen LogP contribution in [-0.2, 0) is 16.1 Å². The summed E-state index contributed by atoms with van der Waals surface area (Å²) in [5.41, 5.74) is 1.36. The number of nitrogens with two attached hydrogens (primary N) is 1. The molecule has 2 heterocycles. The first-order valence-corrected chi connectivity index (χ1v) is 11.3. The lowest BCUT2D eigenvalue weighted by Gasteiger charge is -2.28. The average molecular weight is 465 g/mol. The molecule has 2 aromatic rings. The first kappa shape index (κ1) is 23.8. The second-order valence-corrected chi connectivity index (χ2v) is 9.68. The maximum absolute atomic E-state index is 13.5. The van der Waals surface area contributed by atoms with E-state index in [9.17, 15) is 14.4 Å². The van der Waals surface area contributed by atoms with Crippen LogP contribution in [0.2, 0.25) is 0 Å². The van der Waals surface area contributed by atoms with E-state index >= 15 is 0 Å². The second-order valence-electron chi connectivity index (χ2n) is 9.68. The summed E-state index contributed by atoms with van der Waals surface area (Å²) in [4.78, 5) is 40.1. The number of benzene rings is 2. The highest BCUT2D eigenvalue weighted by Crippen LogP contribution is 2.40. The topological polar surface area (TPSA) is 98.9 Å². The largest absolute Gasteiger partial charge is 0.537 e. The van der Waals surface area contributed by atoms with Crippen molar-refractivity contribution in [2.75, 3.05) is 13.1 Å². The van der Waals surface area contributed by atoms with Gasteiger partial charge in [0.15, 0.2) is 11.5 Å². The van der Waals surface area contributed by atoms with Crippen LogP contribution in [0.5, 0.6) is 0 Å². The molecule has 1 saturated heterocycles. The summed E-state index contributed by atoms with van der Waals surface area (Å²) in [5.74, 6) is 5.54. The Morgan fingerprint density at radius 1 is 1.09 bits per heavy atom. The van der Waals surface area contributed by atoms with Gasteiger partial charge in [0.1, 0.15) is 18.4 Å². The van der Waals surface area contributed by atoms with Gasteiger partial charge in [-0.2, -0.15) is 9.59 Å². The van der Waals surface area contributed by atoms with Crippen LogP contribution in [-0.4, -0.2) is 41.7 Å². The Hall–Kier alpha value is -3.33. The van der Waals surface area contributed by atoms with Gasteiger partial charge in [0.25, 0.3) is 0 Å². The Balaban J connectivity index is 1.70. The quantitative estimate of drug-likeness (QED) is 0.400. The van der Waals surface area contributed by atoms with Crippen LogP contribution in [0.15, 0.2) is 54.7 Å². The monoisotopic (exact) mass is 464 g/mol. The number of quaternary nitrogens is 1. The van der Waals surface area contributed by atoms with E-state index < -0.39 is 22.3 Å². The molecule has 8 nitrogen and oxygen atoms in total. The minimum atomic E-state index is -0.908. The number of Topliss-reactive ketones (excluding diaryl/α,β-unsaturated/α-hetero) is 1. The Kier molecular flexibility index (Phi) is 6.40. The molecular formula is C26H30N3O5+. The number of amides is 2. The molecule has 0 aromatic heterocycles. The number of carbonyl (C=O) groups is 3. The van der Waals surface area contributed by atoms with Crippen LogP contribution in [0.4, 0.5) is 15.3 Å². The van der Waals surface area contributed by atoms with Crippen LogP contribution >= 0.6 is 0 Å². The Morgan fingerprint density at radius 3 is 2.47 bits per heavy atom. The van der Waals surface area contributed by atoms with Crippen molar-refractivity contribution in [1.29, 1.82) is 0 Å². The highest BCUT2D eigenvalue weighted by atomic mass is 16.6. The van der Waals surface area contributed by atoms with Crippen molar-refractivity contribution in [2.24, 2.45) is 11.8 Å². The Bertz CT molecular complexity index is 1140. The zero-order chi connectivity index (χ0) is 24.5. The first-order chi connectivity index (χ1) is 16.1. The van der Waals surface area contributed by atoms with Crippen LogP contribution in [0.25, 0.3) is 6.08 Å². The molecule has 2 atom stereocenters. The summed E-state index contributed by atoms with van der Waals surface area (Å²) in [5, 5.41) is 1.62. The third-order valence-corrected chi connectivity index (χ3v) is 5.94. The summed E-state index contributed by atoms with van der Waals surface area (Å²) in [6.45, 7) is 6.31. The maximum Gasteiger partial charge on any atom is 0.537 e. The smallest absolute Gasteiger partial charge is 0.414 e. The lowest BCUT2D eigenvalue weighted by molar-refractivity contribution is 0.0309. The van der Waals surface area contributed by atoms with Crippen molar-refractivity contribution in [3.63, 3.8) is 0 Å². The maximum atomic E-state index is 13.5. The molecule has 0 spiro atoms. The molecular weight excluding hydrogens is 434 g/mol. The van der Waals surface area contributed by atoms with Gasteiger partial charge >= 0.3 is 12.2 Å². The van der Waals surface area contributed by atoms with Gasteiger partial charge in [-0.15, -0.1) is 0 Å². The van der Waals surface area contributed by atoms with E-state index in [2.05, 4.69) is 0 Å². The number of carbonyl (C=O) groups excluding carboxylic acids is 3. The predicted molar refractivity (Wildman–Crippen MR) is 128 cm³/mol. The lowest BCUT2D eigenvalue weighted by atomic mass is 9.95. The number of ether oxygens (including phenoxy) is 2. The fourth-order valence-corrected chi connectivity index (χ4v) is 4.20. The van der Waals surface area contributed by atoms with Crippen molar-refractivity contribution in [2.45, 2.75) is 39.4 Å². The van der Waals surface area contributed by atoms with Gasteiger partial charge in [-0.1, -0.05) is 40.9 Å². The predicted octanol–water partition coefficient (Wildman–Crippen LogP) is 4.63. The average Bonchev–Trinajstić information content (AvgIpc) is 3.40. The van der Waals surface area contributed by atoms with Crippen LogP contribution in [0.1, 0.15) is 48.7 Å². The van der Waals surface area contributed by atoms with Gasteiger partial charge in [0.05, 0.1) is 0 Å². The molecule has 178 valence electrons. The molecule has 2 aromatic carbocycles. The number of rotatable bonds is 4. The van der Waals surface area contributed by atoms with Gasteiger partial charge in [-0.3, -0.25) is 10.6 Å². The zero-order valence-electron chi connectivity index (χ0n) is 19.7. The summed E-state index contributed by atoms with van der Waals surface area (Å²) in [6.07, 6.45) is 2.20. The van der Waals surface area contributed by atoms with Crippen LogP contribution < -0.4 is 10.3 Å².